The highest BCUT2D eigenvalue weighted by Crippen LogP contribution is 2.21. The first-order valence-corrected chi connectivity index (χ1v) is 6.21. The highest BCUT2D eigenvalue weighted by molar-refractivity contribution is 7.05. The van der Waals surface area contributed by atoms with Crippen LogP contribution in [0.4, 0.5) is 4.39 Å². The van der Waals surface area contributed by atoms with E-state index in [0.29, 0.717) is 24.5 Å². The maximum Gasteiger partial charge on any atom is 0.141 e. The average molecular weight is 268 g/mol. The van der Waals surface area contributed by atoms with Gasteiger partial charge in [-0.15, -0.1) is 5.10 Å². The van der Waals surface area contributed by atoms with Crippen molar-refractivity contribution in [3.8, 4) is 11.4 Å². The summed E-state index contributed by atoms with van der Waals surface area (Å²) in [7, 11) is 1.66. The van der Waals surface area contributed by atoms with E-state index in [9.17, 15) is 4.39 Å². The molecule has 0 radical (unpaired) electrons. The lowest BCUT2D eigenvalue weighted by molar-refractivity contribution is 0.199. The van der Waals surface area contributed by atoms with Crippen molar-refractivity contribution in [1.29, 1.82) is 0 Å². The lowest BCUT2D eigenvalue weighted by atomic mass is 10.2. The zero-order valence-electron chi connectivity index (χ0n) is 9.89. The van der Waals surface area contributed by atoms with Gasteiger partial charge in [-0.2, -0.15) is 0 Å². The summed E-state index contributed by atoms with van der Waals surface area (Å²) in [5, 5.41) is 7.24. The topological polar surface area (TPSA) is 59.9 Å². The van der Waals surface area contributed by atoms with Gasteiger partial charge in [0.2, 0.25) is 0 Å². The summed E-state index contributed by atoms with van der Waals surface area (Å²) < 4.78 is 21.6. The molecule has 1 N–H and O–H groups in total. The van der Waals surface area contributed by atoms with Gasteiger partial charge in [0.1, 0.15) is 11.5 Å². The van der Waals surface area contributed by atoms with Gasteiger partial charge in [0.15, 0.2) is 0 Å². The van der Waals surface area contributed by atoms with Crippen LogP contribution in [-0.4, -0.2) is 34.8 Å². The van der Waals surface area contributed by atoms with E-state index in [4.69, 9.17) is 4.74 Å². The fraction of sp³-hybridized carbons (Fsp3) is 0.364. The molecule has 0 unspecified atom stereocenters. The second-order valence-electron chi connectivity index (χ2n) is 3.58. The Morgan fingerprint density at radius 1 is 1.44 bits per heavy atom. The number of halogens is 1. The van der Waals surface area contributed by atoms with Crippen molar-refractivity contribution in [2.45, 2.75) is 6.54 Å². The Balaban J connectivity index is 2.05. The number of hydrogen-bond acceptors (Lipinski definition) is 6. The van der Waals surface area contributed by atoms with Gasteiger partial charge in [-0.3, -0.25) is 4.98 Å². The highest BCUT2D eigenvalue weighted by atomic mass is 32.1. The van der Waals surface area contributed by atoms with Crippen LogP contribution in [-0.2, 0) is 11.3 Å². The Labute approximate surface area is 108 Å². The minimum atomic E-state index is -0.360. The molecule has 2 rings (SSSR count). The molecule has 2 aromatic rings. The van der Waals surface area contributed by atoms with Crippen LogP contribution >= 0.6 is 11.5 Å². The number of pyridine rings is 1. The molecular weight excluding hydrogens is 255 g/mol. The van der Waals surface area contributed by atoms with E-state index in [1.54, 1.807) is 13.2 Å². The molecule has 0 saturated carbocycles. The predicted octanol–water partition coefficient (Wildman–Crippen LogP) is 1.48. The zero-order chi connectivity index (χ0) is 12.8. The molecule has 0 aliphatic rings. The largest absolute Gasteiger partial charge is 0.383 e. The second-order valence-corrected chi connectivity index (χ2v) is 4.41. The number of aromatic nitrogens is 3. The van der Waals surface area contributed by atoms with Gasteiger partial charge in [0.05, 0.1) is 23.4 Å². The lowest BCUT2D eigenvalue weighted by Gasteiger charge is -2.03. The number of nitrogens with zero attached hydrogens (tertiary/aromatic N) is 3. The van der Waals surface area contributed by atoms with E-state index in [1.807, 2.05) is 0 Å². The zero-order valence-corrected chi connectivity index (χ0v) is 10.7. The standard InChI is InChI=1S/C11H13FN4OS/c1-17-5-4-13-7-10-11(15-16-18-10)9-3-2-8(12)6-14-9/h2-3,6,13H,4-5,7H2,1H3. The molecule has 18 heavy (non-hydrogen) atoms. The summed E-state index contributed by atoms with van der Waals surface area (Å²) in [5.74, 6) is -0.360. The van der Waals surface area contributed by atoms with Gasteiger partial charge in [-0.25, -0.2) is 4.39 Å². The van der Waals surface area contributed by atoms with E-state index in [2.05, 4.69) is 19.9 Å². The Bertz CT molecular complexity index is 488. The van der Waals surface area contributed by atoms with Gasteiger partial charge >= 0.3 is 0 Å². The van der Waals surface area contributed by atoms with Gasteiger partial charge < -0.3 is 10.1 Å². The molecule has 0 bridgehead atoms. The average Bonchev–Trinajstić information content (AvgIpc) is 2.84. The molecular formula is C11H13FN4OS. The lowest BCUT2D eigenvalue weighted by Crippen LogP contribution is -2.18. The van der Waals surface area contributed by atoms with Crippen molar-refractivity contribution in [3.63, 3.8) is 0 Å². The maximum absolute atomic E-state index is 12.8. The summed E-state index contributed by atoms with van der Waals surface area (Å²) in [5.41, 5.74) is 1.33. The number of rotatable bonds is 6. The van der Waals surface area contributed by atoms with Crippen molar-refractivity contribution in [2.75, 3.05) is 20.3 Å². The van der Waals surface area contributed by atoms with Gasteiger partial charge in [0.25, 0.3) is 0 Å². The fourth-order valence-corrected chi connectivity index (χ4v) is 2.03. The number of methoxy groups -OCH3 is 1. The Morgan fingerprint density at radius 3 is 3.06 bits per heavy atom. The number of ether oxygens (including phenoxy) is 1. The summed E-state index contributed by atoms with van der Waals surface area (Å²) in [4.78, 5) is 4.98. The third-order valence-electron chi connectivity index (χ3n) is 2.29. The van der Waals surface area contributed by atoms with Gasteiger partial charge in [-0.1, -0.05) is 4.49 Å². The van der Waals surface area contributed by atoms with Crippen molar-refractivity contribution in [3.05, 3.63) is 29.0 Å². The van der Waals surface area contributed by atoms with Crippen LogP contribution in [0.1, 0.15) is 4.88 Å². The quantitative estimate of drug-likeness (QED) is 0.804. The molecule has 5 nitrogen and oxygen atoms in total. The molecule has 0 saturated heterocycles. The predicted molar refractivity (Wildman–Crippen MR) is 66.7 cm³/mol. The molecule has 0 spiro atoms. The Morgan fingerprint density at radius 2 is 2.33 bits per heavy atom. The van der Waals surface area contributed by atoms with Crippen molar-refractivity contribution < 1.29 is 9.13 Å². The van der Waals surface area contributed by atoms with Crippen LogP contribution in [0.25, 0.3) is 11.4 Å². The summed E-state index contributed by atoms with van der Waals surface area (Å²) in [6.07, 6.45) is 1.18. The van der Waals surface area contributed by atoms with Gasteiger partial charge in [0, 0.05) is 20.2 Å². The maximum atomic E-state index is 12.8. The second kappa shape index (κ2) is 6.48. The fourth-order valence-electron chi connectivity index (χ4n) is 1.41. The van der Waals surface area contributed by atoms with Crippen molar-refractivity contribution >= 4 is 11.5 Å². The van der Waals surface area contributed by atoms with Crippen LogP contribution in [0.15, 0.2) is 18.3 Å². The minimum absolute atomic E-state index is 0.360. The first-order chi connectivity index (χ1) is 8.81. The van der Waals surface area contributed by atoms with Crippen molar-refractivity contribution in [2.24, 2.45) is 0 Å². The monoisotopic (exact) mass is 268 g/mol. The third kappa shape index (κ3) is 3.28. The van der Waals surface area contributed by atoms with E-state index < -0.39 is 0 Å². The van der Waals surface area contributed by atoms with Crippen LogP contribution in [0.3, 0.4) is 0 Å². The molecule has 2 heterocycles. The van der Waals surface area contributed by atoms with Crippen molar-refractivity contribution in [1.82, 2.24) is 19.9 Å². The molecule has 0 amide bonds. The van der Waals surface area contributed by atoms with E-state index in [-0.39, 0.29) is 5.82 Å². The summed E-state index contributed by atoms with van der Waals surface area (Å²) in [6, 6.07) is 2.97. The summed E-state index contributed by atoms with van der Waals surface area (Å²) in [6.45, 7) is 2.05. The van der Waals surface area contributed by atoms with Gasteiger partial charge in [-0.05, 0) is 23.7 Å². The third-order valence-corrected chi connectivity index (χ3v) is 3.02. The first-order valence-electron chi connectivity index (χ1n) is 5.44. The molecule has 0 aliphatic carbocycles. The normalized spacial score (nSPS) is 10.8. The minimum Gasteiger partial charge on any atom is -0.383 e. The SMILES string of the molecule is COCCNCc1snnc1-c1ccc(F)cn1. The number of hydrogen-bond donors (Lipinski definition) is 1. The van der Waals surface area contributed by atoms with Crippen LogP contribution in [0.2, 0.25) is 0 Å². The number of nitrogens with one attached hydrogen (secondary N) is 1. The smallest absolute Gasteiger partial charge is 0.141 e. The molecule has 0 aromatic carbocycles. The molecule has 0 atom stereocenters. The Kier molecular flexibility index (Phi) is 4.68. The van der Waals surface area contributed by atoms with E-state index in [0.717, 1.165) is 11.4 Å². The first kappa shape index (κ1) is 13.0. The van der Waals surface area contributed by atoms with Crippen LogP contribution in [0, 0.1) is 5.82 Å². The molecule has 0 aliphatic heterocycles. The summed E-state index contributed by atoms with van der Waals surface area (Å²) >= 11 is 1.31. The van der Waals surface area contributed by atoms with Crippen LogP contribution < -0.4 is 5.32 Å². The molecule has 96 valence electrons. The van der Waals surface area contributed by atoms with E-state index >= 15 is 0 Å². The molecule has 7 heteroatoms. The van der Waals surface area contributed by atoms with Crippen LogP contribution in [0.5, 0.6) is 0 Å². The Hall–Kier alpha value is -1.44. The van der Waals surface area contributed by atoms with E-state index in [1.165, 1.54) is 23.8 Å². The molecule has 2 aromatic heterocycles. The molecule has 0 fully saturated rings. The highest BCUT2D eigenvalue weighted by Gasteiger charge is 2.11.